The van der Waals surface area contributed by atoms with Gasteiger partial charge >= 0.3 is 0 Å². The van der Waals surface area contributed by atoms with Crippen molar-refractivity contribution in [1.82, 2.24) is 9.97 Å². The maximum Gasteiger partial charge on any atom is 0.169 e. The monoisotopic (exact) mass is 410 g/mol. The van der Waals surface area contributed by atoms with E-state index in [4.69, 9.17) is 15.2 Å². The van der Waals surface area contributed by atoms with Crippen molar-refractivity contribution in [3.05, 3.63) is 78.6 Å². The number of para-hydroxylation sites is 1. The molecule has 6 heteroatoms. The first-order valence-electron chi connectivity index (χ1n) is 9.82. The van der Waals surface area contributed by atoms with E-state index in [9.17, 15) is 0 Å². The molecule has 0 aliphatic carbocycles. The molecule has 0 fully saturated rings. The molecule has 0 bridgehead atoms. The summed E-state index contributed by atoms with van der Waals surface area (Å²) in [5.41, 5.74) is 8.22. The van der Waals surface area contributed by atoms with Crippen molar-refractivity contribution in [2.75, 3.05) is 12.4 Å². The lowest BCUT2D eigenvalue weighted by Gasteiger charge is -2.13. The summed E-state index contributed by atoms with van der Waals surface area (Å²) in [6.45, 7) is 1.85. The Morgan fingerprint density at radius 1 is 0.968 bits per heavy atom. The topological polar surface area (TPSA) is 82.3 Å². The Morgan fingerprint density at radius 3 is 2.58 bits per heavy atom. The Morgan fingerprint density at radius 2 is 1.81 bits per heavy atom. The molecule has 1 atom stereocenters. The number of nitrogens with one attached hydrogen (secondary N) is 1. The van der Waals surface area contributed by atoms with Crippen molar-refractivity contribution in [2.24, 2.45) is 5.73 Å². The molecular formula is C25H22N4O2. The van der Waals surface area contributed by atoms with E-state index in [2.05, 4.69) is 27.1 Å². The molecule has 6 nitrogen and oxygen atoms in total. The smallest absolute Gasteiger partial charge is 0.169 e. The van der Waals surface area contributed by atoms with Crippen LogP contribution in [0.3, 0.4) is 0 Å². The lowest BCUT2D eigenvalue weighted by molar-refractivity contribution is 0.379. The minimum Gasteiger partial charge on any atom is -0.493 e. The first-order chi connectivity index (χ1) is 15.1. The predicted octanol–water partition coefficient (Wildman–Crippen LogP) is 4.87. The lowest BCUT2D eigenvalue weighted by atomic mass is 10.1. The summed E-state index contributed by atoms with van der Waals surface area (Å²) < 4.78 is 11.5. The molecule has 1 unspecified atom stereocenters. The molecular weight excluding hydrogens is 388 g/mol. The van der Waals surface area contributed by atoms with Gasteiger partial charge in [-0.05, 0) is 49.4 Å². The van der Waals surface area contributed by atoms with Crippen LogP contribution in [0, 0.1) is 11.8 Å². The van der Waals surface area contributed by atoms with Crippen molar-refractivity contribution in [3.8, 4) is 29.1 Å². The summed E-state index contributed by atoms with van der Waals surface area (Å²) in [5.74, 6) is 8.70. The quantitative estimate of drug-likeness (QED) is 0.457. The highest BCUT2D eigenvalue weighted by atomic mass is 16.5. The molecule has 154 valence electrons. The molecule has 3 aromatic carbocycles. The van der Waals surface area contributed by atoms with Gasteiger partial charge in [0, 0.05) is 22.7 Å². The first-order valence-corrected chi connectivity index (χ1v) is 9.82. The van der Waals surface area contributed by atoms with Gasteiger partial charge in [-0.3, -0.25) is 0 Å². The fraction of sp³-hybridized carbons (Fsp3) is 0.120. The Hall–Kier alpha value is -4.08. The number of aromatic nitrogens is 2. The zero-order chi connectivity index (χ0) is 21.6. The number of fused-ring (bicyclic) bond motifs is 1. The molecule has 31 heavy (non-hydrogen) atoms. The third-order valence-corrected chi connectivity index (χ3v) is 4.48. The van der Waals surface area contributed by atoms with Crippen molar-refractivity contribution in [3.63, 3.8) is 0 Å². The van der Waals surface area contributed by atoms with Gasteiger partial charge < -0.3 is 20.5 Å². The molecule has 0 radical (unpaired) electrons. The SMILES string of the molecule is COc1cc(Nc2ncnc3ccc(C#CC(C)N)cc23)ccc1Oc1ccccc1. The molecule has 0 saturated heterocycles. The van der Waals surface area contributed by atoms with E-state index >= 15 is 0 Å². The summed E-state index contributed by atoms with van der Waals surface area (Å²) in [6, 6.07) is 20.8. The number of nitrogens with two attached hydrogens (primary N) is 1. The Balaban J connectivity index is 1.64. The molecule has 1 heterocycles. The summed E-state index contributed by atoms with van der Waals surface area (Å²) >= 11 is 0. The van der Waals surface area contributed by atoms with E-state index in [-0.39, 0.29) is 6.04 Å². The largest absolute Gasteiger partial charge is 0.493 e. The number of benzene rings is 3. The standard InChI is InChI=1S/C25H22N4O2/c1-17(26)8-9-18-10-12-22-21(14-18)25(28-16-27-22)29-19-11-13-23(24(15-19)30-2)31-20-6-4-3-5-7-20/h3-7,10-17H,26H2,1-2H3,(H,27,28,29). The molecule has 3 N–H and O–H groups in total. The average molecular weight is 410 g/mol. The van der Waals surface area contributed by atoms with Crippen LogP contribution in [-0.2, 0) is 0 Å². The highest BCUT2D eigenvalue weighted by Gasteiger charge is 2.10. The minimum absolute atomic E-state index is 0.190. The normalized spacial score (nSPS) is 11.3. The van der Waals surface area contributed by atoms with Crippen molar-refractivity contribution in [1.29, 1.82) is 0 Å². The fourth-order valence-corrected chi connectivity index (χ4v) is 3.01. The number of hydrogen-bond donors (Lipinski definition) is 2. The number of rotatable bonds is 5. The van der Waals surface area contributed by atoms with Crippen LogP contribution in [-0.4, -0.2) is 23.1 Å². The van der Waals surface area contributed by atoms with Gasteiger partial charge in [-0.25, -0.2) is 9.97 Å². The van der Waals surface area contributed by atoms with Crippen molar-refractivity contribution >= 4 is 22.4 Å². The van der Waals surface area contributed by atoms with Crippen LogP contribution in [0.1, 0.15) is 12.5 Å². The zero-order valence-electron chi connectivity index (χ0n) is 17.3. The van der Waals surface area contributed by atoms with E-state index in [1.54, 1.807) is 7.11 Å². The lowest BCUT2D eigenvalue weighted by Crippen LogP contribution is -2.10. The predicted molar refractivity (Wildman–Crippen MR) is 123 cm³/mol. The van der Waals surface area contributed by atoms with Crippen LogP contribution in [0.25, 0.3) is 10.9 Å². The van der Waals surface area contributed by atoms with Gasteiger partial charge in [-0.15, -0.1) is 0 Å². The Labute approximate surface area is 181 Å². The second kappa shape index (κ2) is 9.16. The van der Waals surface area contributed by atoms with Crippen molar-refractivity contribution in [2.45, 2.75) is 13.0 Å². The molecule has 1 aromatic heterocycles. The zero-order valence-corrected chi connectivity index (χ0v) is 17.3. The fourth-order valence-electron chi connectivity index (χ4n) is 3.01. The van der Waals surface area contributed by atoms with Crippen LogP contribution in [0.4, 0.5) is 11.5 Å². The van der Waals surface area contributed by atoms with Crippen LogP contribution in [0.15, 0.2) is 73.1 Å². The van der Waals surface area contributed by atoms with Gasteiger partial charge in [0.05, 0.1) is 18.7 Å². The van der Waals surface area contributed by atoms with Gasteiger partial charge in [0.2, 0.25) is 0 Å². The van der Waals surface area contributed by atoms with E-state index in [1.807, 2.05) is 73.7 Å². The van der Waals surface area contributed by atoms with Gasteiger partial charge in [0.1, 0.15) is 17.9 Å². The van der Waals surface area contributed by atoms with Gasteiger partial charge in [-0.2, -0.15) is 0 Å². The van der Waals surface area contributed by atoms with E-state index in [0.29, 0.717) is 17.3 Å². The summed E-state index contributed by atoms with van der Waals surface area (Å²) in [5, 5.41) is 4.21. The van der Waals surface area contributed by atoms with Gasteiger partial charge in [0.25, 0.3) is 0 Å². The molecule has 0 aliphatic heterocycles. The molecule has 4 rings (SSSR count). The second-order valence-corrected chi connectivity index (χ2v) is 6.92. The summed E-state index contributed by atoms with van der Waals surface area (Å²) in [4.78, 5) is 8.76. The van der Waals surface area contributed by atoms with Crippen LogP contribution >= 0.6 is 0 Å². The van der Waals surface area contributed by atoms with Crippen LogP contribution < -0.4 is 20.5 Å². The second-order valence-electron chi connectivity index (χ2n) is 6.92. The minimum atomic E-state index is -0.190. The molecule has 0 aliphatic rings. The third-order valence-electron chi connectivity index (χ3n) is 4.48. The maximum absolute atomic E-state index is 5.93. The Bertz CT molecular complexity index is 1260. The summed E-state index contributed by atoms with van der Waals surface area (Å²) in [7, 11) is 1.61. The molecule has 4 aromatic rings. The highest BCUT2D eigenvalue weighted by molar-refractivity contribution is 5.91. The number of methoxy groups -OCH3 is 1. The molecule has 0 amide bonds. The highest BCUT2D eigenvalue weighted by Crippen LogP contribution is 2.35. The van der Waals surface area contributed by atoms with E-state index in [1.165, 1.54) is 6.33 Å². The third kappa shape index (κ3) is 4.92. The first kappa shape index (κ1) is 20.2. The average Bonchev–Trinajstić information content (AvgIpc) is 2.79. The number of anilines is 2. The van der Waals surface area contributed by atoms with E-state index in [0.717, 1.165) is 27.9 Å². The van der Waals surface area contributed by atoms with Crippen LogP contribution in [0.5, 0.6) is 17.2 Å². The summed E-state index contributed by atoms with van der Waals surface area (Å²) in [6.07, 6.45) is 1.53. The number of hydrogen-bond acceptors (Lipinski definition) is 6. The number of nitrogens with zero attached hydrogens (tertiary/aromatic N) is 2. The van der Waals surface area contributed by atoms with Gasteiger partial charge in [-0.1, -0.05) is 30.0 Å². The van der Waals surface area contributed by atoms with Crippen LogP contribution in [0.2, 0.25) is 0 Å². The molecule has 0 spiro atoms. The Kier molecular flexibility index (Phi) is 5.97. The van der Waals surface area contributed by atoms with Crippen molar-refractivity contribution < 1.29 is 9.47 Å². The number of ether oxygens (including phenoxy) is 2. The van der Waals surface area contributed by atoms with Gasteiger partial charge in [0.15, 0.2) is 11.5 Å². The van der Waals surface area contributed by atoms with E-state index < -0.39 is 0 Å². The maximum atomic E-state index is 5.93. The molecule has 0 saturated carbocycles.